The van der Waals surface area contributed by atoms with Crippen molar-refractivity contribution < 1.29 is 19.1 Å². The van der Waals surface area contributed by atoms with E-state index < -0.39 is 11.7 Å². The maximum absolute atomic E-state index is 13.7. The van der Waals surface area contributed by atoms with E-state index in [9.17, 15) is 9.59 Å². The Hall–Kier alpha value is -0.0400. The molecule has 0 bridgehead atoms. The van der Waals surface area contributed by atoms with Gasteiger partial charge in [0.1, 0.15) is 8.16 Å². The Kier molecular flexibility index (Phi) is 8.79. The van der Waals surface area contributed by atoms with Crippen molar-refractivity contribution in [1.82, 2.24) is 13.9 Å². The highest BCUT2D eigenvalue weighted by Crippen LogP contribution is 2.65. The highest BCUT2D eigenvalue weighted by Gasteiger charge is 2.37. The molecule has 3 heterocycles. The number of carbonyl (C=O) groups is 2. The molecule has 7 nitrogen and oxygen atoms in total. The molecule has 1 amide bonds. The monoisotopic (exact) mass is 695 g/mol. The third-order valence-electron chi connectivity index (χ3n) is 5.08. The average Bonchev–Trinajstić information content (AvgIpc) is 3.08. The number of amides is 1. The summed E-state index contributed by atoms with van der Waals surface area (Å²) < 4.78 is 12.3. The Morgan fingerprint density at radius 3 is 2.80 bits per heavy atom. The summed E-state index contributed by atoms with van der Waals surface area (Å²) in [4.78, 5) is 32.1. The van der Waals surface area contributed by atoms with Gasteiger partial charge in [0.15, 0.2) is 17.0 Å². The maximum atomic E-state index is 13.7. The highest BCUT2D eigenvalue weighted by atomic mass is 127. The van der Waals surface area contributed by atoms with E-state index in [1.54, 1.807) is 29.6 Å². The molecule has 0 radical (unpaired) electrons. The summed E-state index contributed by atoms with van der Waals surface area (Å²) in [6.45, 7) is 4.46. The lowest BCUT2D eigenvalue weighted by Gasteiger charge is -2.36. The summed E-state index contributed by atoms with van der Waals surface area (Å²) in [5.74, 6) is 0.162. The molecule has 30 heavy (non-hydrogen) atoms. The molecule has 3 rings (SSSR count). The minimum atomic E-state index is -0.718. The lowest BCUT2D eigenvalue weighted by atomic mass is 9.81. The fourth-order valence-electron chi connectivity index (χ4n) is 3.56. The molecule has 0 aliphatic carbocycles. The second kappa shape index (κ2) is 10.7. The van der Waals surface area contributed by atoms with Crippen LogP contribution in [0.2, 0.25) is 0 Å². The van der Waals surface area contributed by atoms with Gasteiger partial charge in [0.05, 0.1) is 18.9 Å². The van der Waals surface area contributed by atoms with Crippen molar-refractivity contribution in [2.24, 2.45) is 11.8 Å². The minimum absolute atomic E-state index is 0.0443. The van der Waals surface area contributed by atoms with E-state index in [-0.39, 0.29) is 26.6 Å². The molecule has 12 heteroatoms. The normalized spacial score (nSPS) is 20.4. The third kappa shape index (κ3) is 5.47. The molecule has 0 aromatic carbocycles. The number of methoxy groups -OCH3 is 1. The highest BCUT2D eigenvalue weighted by molar-refractivity contribution is 14.3. The van der Waals surface area contributed by atoms with Crippen LogP contribution in [0.25, 0.3) is 11.0 Å². The second-order valence-electron chi connectivity index (χ2n) is 6.97. The number of fused-ring (bicyclic) bond motifs is 1. The largest absolute Gasteiger partial charge is 0.494 e. The van der Waals surface area contributed by atoms with Crippen molar-refractivity contribution in [2.75, 3.05) is 20.2 Å². The van der Waals surface area contributed by atoms with Crippen LogP contribution in [0.4, 0.5) is 4.79 Å². The molecule has 0 spiro atoms. The summed E-state index contributed by atoms with van der Waals surface area (Å²) in [7, 11) is 1.54. The molecular formula is C18H21ClI2N3O4PS. The maximum Gasteiger partial charge on any atom is 0.411 e. The van der Waals surface area contributed by atoms with E-state index in [4.69, 9.17) is 21.1 Å². The molecule has 1 unspecified atom stereocenters. The van der Waals surface area contributed by atoms with Crippen molar-refractivity contribution in [1.29, 1.82) is 0 Å². The number of halogens is 3. The summed E-state index contributed by atoms with van der Waals surface area (Å²) >= 11 is 12.2. The Morgan fingerprint density at radius 1 is 1.43 bits per heavy atom. The molecule has 1 aliphatic heterocycles. The Balaban J connectivity index is 1.96. The molecule has 1 fully saturated rings. The summed E-state index contributed by atoms with van der Waals surface area (Å²) in [5.41, 5.74) is 0.538. The first-order chi connectivity index (χ1) is 14.2. The number of Topliss-reactive ketones (excluding diaryl/α,β-unsaturated/α-hetero) is 1. The van der Waals surface area contributed by atoms with Crippen LogP contribution in [-0.2, 0) is 4.74 Å². The van der Waals surface area contributed by atoms with Crippen LogP contribution in [0.15, 0.2) is 18.5 Å². The lowest BCUT2D eigenvalue weighted by molar-refractivity contribution is 0.0579. The van der Waals surface area contributed by atoms with E-state index in [2.05, 4.69) is 49.1 Å². The standard InChI is InChI=1S/C18H21ClI2N3O4PS/c1-10-4-6-23(18(26)28-11(2)19)9-13(10)16(25)15-12-5-7-24(30-29(20)21)17(12)22-8-14(15)27-3/h5,7-8,10-11,13H,4,6,9H2,1-3H3/t10-,11?,13+/m0/s1. The molecule has 0 saturated carbocycles. The van der Waals surface area contributed by atoms with Crippen LogP contribution < -0.4 is 4.74 Å². The molecule has 1 saturated heterocycles. The molecule has 2 aromatic heterocycles. The van der Waals surface area contributed by atoms with Gasteiger partial charge in [-0.05, 0) is 69.4 Å². The fraction of sp³-hybridized carbons (Fsp3) is 0.500. The average molecular weight is 696 g/mol. The number of ketones is 1. The van der Waals surface area contributed by atoms with Crippen LogP contribution in [-0.4, -0.2) is 51.5 Å². The predicted molar refractivity (Wildman–Crippen MR) is 139 cm³/mol. The number of alkyl halides is 1. The number of ether oxygens (including phenoxy) is 2. The minimum Gasteiger partial charge on any atom is -0.494 e. The fourth-order valence-corrected chi connectivity index (χ4v) is 8.32. The van der Waals surface area contributed by atoms with Crippen molar-refractivity contribution in [3.63, 3.8) is 0 Å². The first kappa shape index (κ1) is 24.6. The Bertz CT molecular complexity index is 946. The number of hydrogen-bond acceptors (Lipinski definition) is 6. The van der Waals surface area contributed by atoms with Gasteiger partial charge in [-0.15, -0.1) is 0 Å². The third-order valence-corrected chi connectivity index (χ3v) is 9.83. The van der Waals surface area contributed by atoms with Crippen LogP contribution in [0, 0.1) is 11.8 Å². The molecule has 3 atom stereocenters. The first-order valence-electron chi connectivity index (χ1n) is 9.21. The van der Waals surface area contributed by atoms with Gasteiger partial charge >= 0.3 is 6.09 Å². The summed E-state index contributed by atoms with van der Waals surface area (Å²) in [6.07, 6.45) is 3.75. The van der Waals surface area contributed by atoms with Gasteiger partial charge in [-0.2, -0.15) is 0 Å². The molecular weight excluding hydrogens is 675 g/mol. The quantitative estimate of drug-likeness (QED) is 0.149. The van der Waals surface area contributed by atoms with E-state index in [1.807, 2.05) is 23.2 Å². The van der Waals surface area contributed by atoms with Gasteiger partial charge in [-0.25, -0.2) is 9.78 Å². The van der Waals surface area contributed by atoms with E-state index in [0.717, 1.165) is 11.0 Å². The Morgan fingerprint density at radius 2 is 2.17 bits per heavy atom. The zero-order valence-electron chi connectivity index (χ0n) is 16.5. The zero-order valence-corrected chi connectivity index (χ0v) is 23.3. The number of nitrogens with zero attached hydrogens (tertiary/aromatic N) is 3. The number of carbonyl (C=O) groups excluding carboxylic acids is 2. The summed E-state index contributed by atoms with van der Waals surface area (Å²) in [5, 5.41) is 0.762. The molecule has 2 aromatic rings. The smallest absolute Gasteiger partial charge is 0.411 e. The van der Waals surface area contributed by atoms with Crippen LogP contribution >= 0.6 is 69.7 Å². The predicted octanol–water partition coefficient (Wildman–Crippen LogP) is 6.50. The number of aromatic nitrogens is 2. The van der Waals surface area contributed by atoms with Crippen molar-refractivity contribution in [3.8, 4) is 5.75 Å². The van der Waals surface area contributed by atoms with Gasteiger partial charge in [0.25, 0.3) is 0 Å². The topological polar surface area (TPSA) is 73.7 Å². The van der Waals surface area contributed by atoms with Crippen LogP contribution in [0.1, 0.15) is 30.6 Å². The van der Waals surface area contributed by atoms with Gasteiger partial charge < -0.3 is 14.4 Å². The van der Waals surface area contributed by atoms with Crippen LogP contribution in [0.5, 0.6) is 5.75 Å². The number of likely N-dealkylation sites (tertiary alicyclic amines) is 1. The number of rotatable bonds is 6. The van der Waals surface area contributed by atoms with E-state index in [0.29, 0.717) is 24.3 Å². The number of pyridine rings is 1. The van der Waals surface area contributed by atoms with E-state index >= 15 is 0 Å². The zero-order chi connectivity index (χ0) is 22.0. The van der Waals surface area contributed by atoms with Crippen LogP contribution in [0.3, 0.4) is 0 Å². The van der Waals surface area contributed by atoms with Crippen molar-refractivity contribution >= 4 is 92.6 Å². The second-order valence-corrected chi connectivity index (χ2v) is 25.4. The lowest BCUT2D eigenvalue weighted by Crippen LogP contribution is -2.46. The summed E-state index contributed by atoms with van der Waals surface area (Å²) in [6, 6.07) is 1.91. The molecule has 0 N–H and O–H groups in total. The molecule has 164 valence electrons. The van der Waals surface area contributed by atoms with Gasteiger partial charge in [0.2, 0.25) is 0 Å². The first-order valence-corrected chi connectivity index (χ1v) is 17.9. The van der Waals surface area contributed by atoms with Gasteiger partial charge in [-0.3, -0.25) is 8.77 Å². The van der Waals surface area contributed by atoms with Crippen molar-refractivity contribution in [2.45, 2.75) is 25.8 Å². The van der Waals surface area contributed by atoms with Gasteiger partial charge in [0, 0.05) is 42.2 Å². The van der Waals surface area contributed by atoms with E-state index in [1.165, 1.54) is 7.11 Å². The Labute approximate surface area is 211 Å². The number of piperidine rings is 1. The molecule has 1 aliphatic rings. The SMILES string of the molecule is COc1cnc2c(ccn2SP(I)I)c1C(=O)[C@@H]1CN(C(=O)OC(C)Cl)CC[C@@H]1C. The van der Waals surface area contributed by atoms with Crippen molar-refractivity contribution in [3.05, 3.63) is 24.0 Å². The van der Waals surface area contributed by atoms with Gasteiger partial charge in [-0.1, -0.05) is 18.5 Å². The number of hydrogen-bond donors (Lipinski definition) is 0.